The number of hydrogen-bond donors (Lipinski definition) is 0. The maximum Gasteiger partial charge on any atom is 0.0589 e. The van der Waals surface area contributed by atoms with Crippen molar-refractivity contribution in [2.24, 2.45) is 0 Å². The van der Waals surface area contributed by atoms with E-state index in [0.717, 1.165) is 0 Å². The summed E-state index contributed by atoms with van der Waals surface area (Å²) in [6.07, 6.45) is 6.89. The lowest BCUT2D eigenvalue weighted by molar-refractivity contribution is 1.27. The van der Waals surface area contributed by atoms with Gasteiger partial charge in [0.05, 0.1) is 5.02 Å². The third kappa shape index (κ3) is 4.58. The van der Waals surface area contributed by atoms with Crippen LogP contribution in [0.3, 0.4) is 0 Å². The highest BCUT2D eigenvalue weighted by atomic mass is 35.5. The molecule has 0 spiro atoms. The Morgan fingerprint density at radius 1 is 1.00 bits per heavy atom. The van der Waals surface area contributed by atoms with E-state index in [0.29, 0.717) is 5.02 Å². The largest absolute Gasteiger partial charge is 0.264 e. The predicted octanol–water partition coefficient (Wildman–Crippen LogP) is 3.13. The first-order valence-corrected chi connectivity index (χ1v) is 4.59. The number of halogens is 1. The van der Waals surface area contributed by atoms with Crippen molar-refractivity contribution in [1.29, 1.82) is 0 Å². The van der Waals surface area contributed by atoms with Crippen LogP contribution < -0.4 is 0 Å². The maximum atomic E-state index is 5.48. The molecule has 14 heavy (non-hydrogen) atoms. The van der Waals surface area contributed by atoms with E-state index in [1.165, 1.54) is 5.56 Å². The number of hydrogen-bond acceptors (Lipinski definition) is 2. The van der Waals surface area contributed by atoms with Crippen LogP contribution in [-0.4, -0.2) is 9.97 Å². The Bertz CT molecular complexity index is 311. The van der Waals surface area contributed by atoms with E-state index < -0.39 is 0 Å². The molecule has 3 heteroatoms. The molecule has 0 aliphatic carbocycles. The molecule has 2 aromatic heterocycles. The quantitative estimate of drug-likeness (QED) is 0.662. The molecular weight excluding hydrogens is 196 g/mol. The van der Waals surface area contributed by atoms with Gasteiger partial charge in [0, 0.05) is 24.8 Å². The van der Waals surface area contributed by atoms with Gasteiger partial charge in [0.1, 0.15) is 0 Å². The fraction of sp³-hybridized carbons (Fsp3) is 0.0909. The number of aryl methyl sites for hydroxylation is 1. The van der Waals surface area contributed by atoms with E-state index in [1.54, 1.807) is 30.7 Å². The molecule has 2 rings (SSSR count). The first-order valence-electron chi connectivity index (χ1n) is 4.21. The molecule has 0 N–H and O–H groups in total. The Kier molecular flexibility index (Phi) is 4.65. The van der Waals surface area contributed by atoms with E-state index in [-0.39, 0.29) is 0 Å². The van der Waals surface area contributed by atoms with E-state index in [1.807, 2.05) is 25.3 Å². The topological polar surface area (TPSA) is 25.8 Å². The third-order valence-electron chi connectivity index (χ3n) is 1.43. The van der Waals surface area contributed by atoms with E-state index in [9.17, 15) is 0 Å². The van der Waals surface area contributed by atoms with Crippen molar-refractivity contribution in [2.75, 3.05) is 0 Å². The normalized spacial score (nSPS) is 8.71. The summed E-state index contributed by atoms with van der Waals surface area (Å²) in [6.45, 7) is 2.02. The molecule has 2 aromatic rings. The lowest BCUT2D eigenvalue weighted by Gasteiger charge is -1.82. The van der Waals surface area contributed by atoms with Crippen molar-refractivity contribution in [1.82, 2.24) is 9.97 Å². The lowest BCUT2D eigenvalue weighted by atomic mass is 10.3. The Labute approximate surface area is 88.6 Å². The molecular formula is C11H11ClN2. The smallest absolute Gasteiger partial charge is 0.0589 e. The van der Waals surface area contributed by atoms with Crippen LogP contribution in [-0.2, 0) is 0 Å². The van der Waals surface area contributed by atoms with E-state index in [2.05, 4.69) is 9.97 Å². The molecule has 0 unspecified atom stereocenters. The molecule has 0 aromatic carbocycles. The second kappa shape index (κ2) is 6.11. The highest BCUT2D eigenvalue weighted by molar-refractivity contribution is 6.30. The van der Waals surface area contributed by atoms with E-state index in [4.69, 9.17) is 11.6 Å². The molecule has 0 fully saturated rings. The van der Waals surface area contributed by atoms with Gasteiger partial charge in [-0.1, -0.05) is 17.7 Å². The summed E-state index contributed by atoms with van der Waals surface area (Å²) in [5, 5.41) is 0.683. The second-order valence-electron chi connectivity index (χ2n) is 2.70. The first kappa shape index (κ1) is 10.7. The molecule has 0 bridgehead atoms. The highest BCUT2D eigenvalue weighted by Crippen LogP contribution is 2.00. The Morgan fingerprint density at radius 3 is 1.86 bits per heavy atom. The van der Waals surface area contributed by atoms with Crippen LogP contribution >= 0.6 is 11.6 Å². The van der Waals surface area contributed by atoms with Crippen LogP contribution in [0.15, 0.2) is 49.1 Å². The zero-order valence-electron chi connectivity index (χ0n) is 7.89. The van der Waals surface area contributed by atoms with Gasteiger partial charge in [0.2, 0.25) is 0 Å². The Balaban J connectivity index is 0.000000140. The lowest BCUT2D eigenvalue weighted by Crippen LogP contribution is -1.69. The van der Waals surface area contributed by atoms with Gasteiger partial charge in [-0.2, -0.15) is 0 Å². The number of rotatable bonds is 0. The molecule has 72 valence electrons. The number of aromatic nitrogens is 2. The van der Waals surface area contributed by atoms with Gasteiger partial charge in [-0.15, -0.1) is 0 Å². The summed E-state index contributed by atoms with van der Waals surface area (Å²) in [6, 6.07) is 7.53. The summed E-state index contributed by atoms with van der Waals surface area (Å²) < 4.78 is 0. The molecule has 0 saturated heterocycles. The van der Waals surface area contributed by atoms with Gasteiger partial charge in [0.25, 0.3) is 0 Å². The summed E-state index contributed by atoms with van der Waals surface area (Å²) in [7, 11) is 0. The summed E-state index contributed by atoms with van der Waals surface area (Å²) in [4.78, 5) is 7.64. The monoisotopic (exact) mass is 206 g/mol. The second-order valence-corrected chi connectivity index (χ2v) is 3.14. The van der Waals surface area contributed by atoms with Crippen molar-refractivity contribution in [3.63, 3.8) is 0 Å². The third-order valence-corrected chi connectivity index (χ3v) is 1.66. The summed E-state index contributed by atoms with van der Waals surface area (Å²) >= 11 is 5.48. The minimum atomic E-state index is 0.683. The standard InChI is InChI=1S/C6H7N.C5H4ClN/c1-6-3-2-4-7-5-6;6-5-2-1-3-7-4-5/h2-5H,1H3;1-4H. The van der Waals surface area contributed by atoms with Crippen molar-refractivity contribution in [2.45, 2.75) is 6.92 Å². The minimum Gasteiger partial charge on any atom is -0.264 e. The van der Waals surface area contributed by atoms with E-state index >= 15 is 0 Å². The molecule has 2 heterocycles. The molecule has 0 amide bonds. The van der Waals surface area contributed by atoms with Crippen molar-refractivity contribution < 1.29 is 0 Å². The SMILES string of the molecule is Cc1cccnc1.Clc1cccnc1. The van der Waals surface area contributed by atoms with Crippen molar-refractivity contribution in [3.8, 4) is 0 Å². The fourth-order valence-corrected chi connectivity index (χ4v) is 0.919. The molecule has 0 aliphatic heterocycles. The van der Waals surface area contributed by atoms with Crippen LogP contribution in [0.4, 0.5) is 0 Å². The van der Waals surface area contributed by atoms with Crippen LogP contribution in [0.5, 0.6) is 0 Å². The van der Waals surface area contributed by atoms with Crippen molar-refractivity contribution >= 4 is 11.6 Å². The van der Waals surface area contributed by atoms with Crippen LogP contribution in [0.25, 0.3) is 0 Å². The zero-order chi connectivity index (χ0) is 10.2. The van der Waals surface area contributed by atoms with Crippen LogP contribution in [0.1, 0.15) is 5.56 Å². The molecule has 2 nitrogen and oxygen atoms in total. The van der Waals surface area contributed by atoms with Gasteiger partial charge < -0.3 is 0 Å². The molecule has 0 radical (unpaired) electrons. The molecule has 0 saturated carbocycles. The van der Waals surface area contributed by atoms with Gasteiger partial charge in [-0.25, -0.2) is 0 Å². The molecule has 0 aliphatic rings. The van der Waals surface area contributed by atoms with Crippen LogP contribution in [0, 0.1) is 6.92 Å². The minimum absolute atomic E-state index is 0.683. The molecule has 0 atom stereocenters. The highest BCUT2D eigenvalue weighted by Gasteiger charge is 1.76. The van der Waals surface area contributed by atoms with Crippen molar-refractivity contribution in [3.05, 3.63) is 59.6 Å². The number of pyridine rings is 2. The first-order chi connectivity index (χ1) is 6.79. The number of nitrogens with zero attached hydrogens (tertiary/aromatic N) is 2. The summed E-state index contributed by atoms with van der Waals surface area (Å²) in [5.74, 6) is 0. The average Bonchev–Trinajstić information content (AvgIpc) is 2.21. The maximum absolute atomic E-state index is 5.48. The van der Waals surface area contributed by atoms with Gasteiger partial charge in [0.15, 0.2) is 0 Å². The summed E-state index contributed by atoms with van der Waals surface area (Å²) in [5.41, 5.74) is 1.21. The fourth-order valence-electron chi connectivity index (χ4n) is 0.790. The Morgan fingerprint density at radius 2 is 1.64 bits per heavy atom. The van der Waals surface area contributed by atoms with Gasteiger partial charge in [-0.3, -0.25) is 9.97 Å². The van der Waals surface area contributed by atoms with Gasteiger partial charge >= 0.3 is 0 Å². The average molecular weight is 207 g/mol. The predicted molar refractivity (Wildman–Crippen MR) is 58.2 cm³/mol. The Hall–Kier alpha value is -1.41. The van der Waals surface area contributed by atoms with Gasteiger partial charge in [-0.05, 0) is 30.7 Å². The van der Waals surface area contributed by atoms with Crippen LogP contribution in [0.2, 0.25) is 5.02 Å². The zero-order valence-corrected chi connectivity index (χ0v) is 8.65.